The molecular formula is C21H18FN5O. The molecule has 2 aromatic heterocycles. The lowest BCUT2D eigenvalue weighted by molar-refractivity contribution is -0.115. The number of aryl methyl sites for hydroxylation is 1. The van der Waals surface area contributed by atoms with Gasteiger partial charge >= 0.3 is 0 Å². The summed E-state index contributed by atoms with van der Waals surface area (Å²) in [6.07, 6.45) is -0.580. The van der Waals surface area contributed by atoms with E-state index in [9.17, 15) is 9.18 Å². The highest BCUT2D eigenvalue weighted by atomic mass is 19.1. The molecule has 0 fully saturated rings. The minimum Gasteiger partial charge on any atom is -0.331 e. The predicted octanol–water partition coefficient (Wildman–Crippen LogP) is 3.66. The number of benzene rings is 2. The number of fused-ring (bicyclic) bond motifs is 1. The highest BCUT2D eigenvalue weighted by Crippen LogP contribution is 2.24. The van der Waals surface area contributed by atoms with Gasteiger partial charge in [-0.15, -0.1) is 10.2 Å². The lowest BCUT2D eigenvalue weighted by atomic mass is 10.1. The molecule has 2 aromatic carbocycles. The largest absolute Gasteiger partial charge is 0.331 e. The summed E-state index contributed by atoms with van der Waals surface area (Å²) < 4.78 is 31.3. The fourth-order valence-electron chi connectivity index (χ4n) is 2.85. The summed E-state index contributed by atoms with van der Waals surface area (Å²) >= 11 is 0. The van der Waals surface area contributed by atoms with Gasteiger partial charge in [-0.05, 0) is 42.8 Å². The number of anilines is 1. The summed E-state index contributed by atoms with van der Waals surface area (Å²) in [5.41, 5.74) is 2.54. The molecule has 140 valence electrons. The zero-order chi connectivity index (χ0) is 21.5. The first kappa shape index (κ1) is 15.4. The van der Waals surface area contributed by atoms with Crippen LogP contribution in [0.25, 0.3) is 22.2 Å². The van der Waals surface area contributed by atoms with Crippen molar-refractivity contribution in [3.8, 4) is 11.3 Å². The number of halogens is 1. The highest BCUT2D eigenvalue weighted by molar-refractivity contribution is 5.93. The number of imidazole rings is 1. The van der Waals surface area contributed by atoms with Crippen LogP contribution in [0.15, 0.2) is 54.7 Å². The minimum atomic E-state index is -2.36. The molecule has 0 bridgehead atoms. The highest BCUT2D eigenvalue weighted by Gasteiger charge is 2.10. The first-order chi connectivity index (χ1) is 14.3. The van der Waals surface area contributed by atoms with E-state index in [4.69, 9.17) is 2.74 Å². The number of hydrogen-bond donors (Lipinski definition) is 1. The molecular weight excluding hydrogens is 357 g/mol. The number of amides is 1. The Morgan fingerprint density at radius 1 is 1.18 bits per heavy atom. The molecule has 0 aliphatic rings. The number of nitrogens with zero attached hydrogens (tertiary/aromatic N) is 4. The Morgan fingerprint density at radius 2 is 1.96 bits per heavy atom. The third kappa shape index (κ3) is 3.59. The van der Waals surface area contributed by atoms with E-state index in [2.05, 4.69) is 20.5 Å². The number of nitrogens with one attached hydrogen (secondary N) is 1. The van der Waals surface area contributed by atoms with E-state index < -0.39 is 18.1 Å². The standard InChI is InChI=1S/C21H18FN5O/c1-13-23-12-19(27(13)2)15-5-8-18-16(10-15)11-20(26-25-18)24-21(28)9-14-3-6-17(22)7-4-14/h3-8,10-12H,9H2,1-2H3,(H,24,26,28)/i9D2. The summed E-state index contributed by atoms with van der Waals surface area (Å²) in [6, 6.07) is 12.0. The maximum Gasteiger partial charge on any atom is 0.229 e. The molecule has 0 unspecified atom stereocenters. The second kappa shape index (κ2) is 7.19. The van der Waals surface area contributed by atoms with Gasteiger partial charge in [-0.2, -0.15) is 0 Å². The molecule has 0 saturated carbocycles. The van der Waals surface area contributed by atoms with Gasteiger partial charge in [0, 0.05) is 20.7 Å². The van der Waals surface area contributed by atoms with E-state index in [0.717, 1.165) is 34.6 Å². The number of aromatic nitrogens is 4. The van der Waals surface area contributed by atoms with Crippen LogP contribution in [0.3, 0.4) is 0 Å². The Kier molecular flexibility index (Phi) is 3.97. The topological polar surface area (TPSA) is 72.7 Å². The van der Waals surface area contributed by atoms with Crippen LogP contribution in [0.5, 0.6) is 0 Å². The lowest BCUT2D eigenvalue weighted by Crippen LogP contribution is -2.15. The molecule has 0 radical (unpaired) electrons. The quantitative estimate of drug-likeness (QED) is 0.589. The van der Waals surface area contributed by atoms with Crippen molar-refractivity contribution < 1.29 is 11.9 Å². The average Bonchev–Trinajstić information content (AvgIpc) is 3.06. The molecule has 1 N–H and O–H groups in total. The monoisotopic (exact) mass is 377 g/mol. The van der Waals surface area contributed by atoms with Crippen molar-refractivity contribution in [1.29, 1.82) is 0 Å². The summed E-state index contributed by atoms with van der Waals surface area (Å²) in [4.78, 5) is 16.8. The average molecular weight is 377 g/mol. The van der Waals surface area contributed by atoms with Gasteiger partial charge in [0.05, 0.1) is 23.8 Å². The van der Waals surface area contributed by atoms with Crippen molar-refractivity contribution >= 4 is 22.6 Å². The molecule has 6 nitrogen and oxygen atoms in total. The summed E-state index contributed by atoms with van der Waals surface area (Å²) in [5, 5.41) is 11.3. The van der Waals surface area contributed by atoms with E-state index in [1.165, 1.54) is 12.1 Å². The first-order valence-corrected chi connectivity index (χ1v) is 8.59. The van der Waals surface area contributed by atoms with Gasteiger partial charge in [0.2, 0.25) is 5.91 Å². The Balaban J connectivity index is 1.63. The van der Waals surface area contributed by atoms with Crippen LogP contribution >= 0.6 is 0 Å². The number of rotatable bonds is 4. The van der Waals surface area contributed by atoms with Crippen molar-refractivity contribution in [2.24, 2.45) is 7.05 Å². The van der Waals surface area contributed by atoms with Crippen molar-refractivity contribution in [1.82, 2.24) is 19.7 Å². The van der Waals surface area contributed by atoms with E-state index in [0.29, 0.717) is 5.52 Å². The van der Waals surface area contributed by atoms with Crippen LogP contribution in [0.1, 0.15) is 14.1 Å². The van der Waals surface area contributed by atoms with Gasteiger partial charge in [0.1, 0.15) is 11.6 Å². The van der Waals surface area contributed by atoms with Crippen molar-refractivity contribution in [3.63, 3.8) is 0 Å². The molecule has 1 amide bonds. The van der Waals surface area contributed by atoms with Gasteiger partial charge in [0.25, 0.3) is 0 Å². The maximum absolute atomic E-state index is 13.1. The second-order valence-corrected chi connectivity index (χ2v) is 6.34. The molecule has 0 atom stereocenters. The molecule has 0 aliphatic carbocycles. The molecule has 7 heteroatoms. The third-order valence-corrected chi connectivity index (χ3v) is 4.45. The smallest absolute Gasteiger partial charge is 0.229 e. The first-order valence-electron chi connectivity index (χ1n) is 9.59. The molecule has 4 rings (SSSR count). The molecule has 0 aliphatic heterocycles. The van der Waals surface area contributed by atoms with Gasteiger partial charge in [-0.1, -0.05) is 18.2 Å². The van der Waals surface area contributed by atoms with Crippen LogP contribution in [-0.4, -0.2) is 25.7 Å². The second-order valence-electron chi connectivity index (χ2n) is 6.34. The zero-order valence-corrected chi connectivity index (χ0v) is 15.3. The summed E-state index contributed by atoms with van der Waals surface area (Å²) in [6.45, 7) is 1.92. The molecule has 2 heterocycles. The van der Waals surface area contributed by atoms with Crippen LogP contribution in [0, 0.1) is 12.7 Å². The number of carbonyl (C=O) groups excluding carboxylic acids is 1. The summed E-state index contributed by atoms with van der Waals surface area (Å²) in [5.74, 6) is -0.415. The van der Waals surface area contributed by atoms with Crippen molar-refractivity contribution in [3.05, 3.63) is 71.9 Å². The maximum atomic E-state index is 13.1. The van der Waals surface area contributed by atoms with Crippen molar-refractivity contribution in [2.75, 3.05) is 5.32 Å². The Bertz CT molecular complexity index is 1250. The van der Waals surface area contributed by atoms with E-state index >= 15 is 0 Å². The fraction of sp³-hybridized carbons (Fsp3) is 0.143. The minimum absolute atomic E-state index is 0.0454. The molecule has 28 heavy (non-hydrogen) atoms. The van der Waals surface area contributed by atoms with Crippen molar-refractivity contribution in [2.45, 2.75) is 13.3 Å². The lowest BCUT2D eigenvalue weighted by Gasteiger charge is -2.07. The van der Waals surface area contributed by atoms with Crippen LogP contribution in [-0.2, 0) is 18.2 Å². The molecule has 4 aromatic rings. The van der Waals surface area contributed by atoms with E-state index in [-0.39, 0.29) is 11.4 Å². The van der Waals surface area contributed by atoms with Crippen LogP contribution < -0.4 is 5.32 Å². The Hall–Kier alpha value is -3.61. The van der Waals surface area contributed by atoms with Crippen LogP contribution in [0.2, 0.25) is 0 Å². The molecule has 0 spiro atoms. The van der Waals surface area contributed by atoms with Crippen LogP contribution in [0.4, 0.5) is 10.2 Å². The SMILES string of the molecule is [2H]C([2H])(C(=O)Nc1cc2cc(-c3cnc(C)n3C)ccc2nn1)c1ccc(F)cc1. The fourth-order valence-corrected chi connectivity index (χ4v) is 2.85. The van der Waals surface area contributed by atoms with Gasteiger partial charge in [0.15, 0.2) is 5.82 Å². The molecule has 0 saturated heterocycles. The Morgan fingerprint density at radius 3 is 2.68 bits per heavy atom. The van der Waals surface area contributed by atoms with E-state index in [1.807, 2.05) is 36.7 Å². The summed E-state index contributed by atoms with van der Waals surface area (Å²) in [7, 11) is 1.93. The zero-order valence-electron chi connectivity index (χ0n) is 17.3. The third-order valence-electron chi connectivity index (χ3n) is 4.45. The Labute approximate surface area is 163 Å². The van der Waals surface area contributed by atoms with Gasteiger partial charge < -0.3 is 9.88 Å². The normalized spacial score (nSPS) is 12.5. The number of hydrogen-bond acceptors (Lipinski definition) is 4. The van der Waals surface area contributed by atoms with Gasteiger partial charge in [-0.25, -0.2) is 9.37 Å². The van der Waals surface area contributed by atoms with E-state index in [1.54, 1.807) is 12.3 Å². The number of carbonyl (C=O) groups is 1. The predicted molar refractivity (Wildman–Crippen MR) is 105 cm³/mol. The van der Waals surface area contributed by atoms with Gasteiger partial charge in [-0.3, -0.25) is 4.79 Å².